The molecule has 5 nitrogen and oxygen atoms in total. The zero-order chi connectivity index (χ0) is 10.4. The van der Waals surface area contributed by atoms with Gasteiger partial charge in [-0.05, 0) is 0 Å². The van der Waals surface area contributed by atoms with E-state index >= 15 is 0 Å². The largest absolute Gasteiger partial charge is 0.391 e. The first-order valence-electron chi connectivity index (χ1n) is 3.68. The molecule has 14 heavy (non-hydrogen) atoms. The fraction of sp³-hybridized carbons (Fsp3) is 0.125. The highest BCUT2D eigenvalue weighted by molar-refractivity contribution is 7.13. The van der Waals surface area contributed by atoms with Gasteiger partial charge in [0, 0.05) is 5.38 Å². The Morgan fingerprint density at radius 1 is 1.93 bits per heavy atom. The Hall–Kier alpha value is -1.69. The molecule has 0 saturated heterocycles. The van der Waals surface area contributed by atoms with Gasteiger partial charge in [-0.15, -0.1) is 11.3 Å². The Balaban J connectivity index is 2.76. The predicted octanol–water partition coefficient (Wildman–Crippen LogP) is 0.742. The molecule has 0 spiro atoms. The highest BCUT2D eigenvalue weighted by atomic mass is 32.1. The molecule has 1 aromatic rings. The van der Waals surface area contributed by atoms with Gasteiger partial charge < -0.3 is 10.6 Å². The third-order valence-corrected chi connectivity index (χ3v) is 1.88. The molecule has 0 saturated carbocycles. The summed E-state index contributed by atoms with van der Waals surface area (Å²) in [6.45, 7) is 3.66. The normalized spacial score (nSPS) is 11.0. The SMILES string of the molecule is C=CCO/N=C(/[C]=O)c1csc(N)n1. The number of nitrogens with two attached hydrogens (primary N) is 1. The van der Waals surface area contributed by atoms with E-state index in [1.54, 1.807) is 11.7 Å². The standard InChI is InChI=1S/C8H8N3O2S/c1-2-3-13-11-6(4-12)7-5-14-8(9)10-7/h2,5H,1,3H2,(H2,9,10)/b11-6-. The van der Waals surface area contributed by atoms with Crippen LogP contribution in [0.5, 0.6) is 0 Å². The lowest BCUT2D eigenvalue weighted by atomic mass is 10.3. The molecule has 0 amide bonds. The van der Waals surface area contributed by atoms with E-state index in [9.17, 15) is 4.79 Å². The van der Waals surface area contributed by atoms with Crippen LogP contribution in [0, 0.1) is 0 Å². The van der Waals surface area contributed by atoms with Crippen LogP contribution in [0.15, 0.2) is 23.2 Å². The number of hydrogen-bond acceptors (Lipinski definition) is 6. The molecular formula is C8H8N3O2S. The minimum absolute atomic E-state index is 0.000185. The number of thiazole rings is 1. The summed E-state index contributed by atoms with van der Waals surface area (Å²) in [6, 6.07) is 0. The van der Waals surface area contributed by atoms with E-state index in [0.29, 0.717) is 10.8 Å². The summed E-state index contributed by atoms with van der Waals surface area (Å²) < 4.78 is 0. The summed E-state index contributed by atoms with van der Waals surface area (Å²) in [5.74, 6) is 0. The molecule has 0 unspecified atom stereocenters. The second-order valence-corrected chi connectivity index (χ2v) is 3.09. The predicted molar refractivity (Wildman–Crippen MR) is 54.9 cm³/mol. The van der Waals surface area contributed by atoms with Crippen molar-refractivity contribution in [3.8, 4) is 0 Å². The first-order valence-corrected chi connectivity index (χ1v) is 4.56. The maximum atomic E-state index is 10.5. The van der Waals surface area contributed by atoms with Crippen LogP contribution in [-0.4, -0.2) is 23.6 Å². The Labute approximate surface area is 84.9 Å². The summed E-state index contributed by atoms with van der Waals surface area (Å²) in [7, 11) is 0. The van der Waals surface area contributed by atoms with Crippen molar-refractivity contribution in [2.75, 3.05) is 12.3 Å². The van der Waals surface area contributed by atoms with Gasteiger partial charge in [0.1, 0.15) is 12.3 Å². The Bertz CT molecular complexity index is 359. The minimum Gasteiger partial charge on any atom is -0.391 e. The molecular weight excluding hydrogens is 202 g/mol. The van der Waals surface area contributed by atoms with Crippen LogP contribution in [0.3, 0.4) is 0 Å². The summed E-state index contributed by atoms with van der Waals surface area (Å²) in [6.07, 6.45) is 3.14. The molecule has 1 aromatic heterocycles. The number of aromatic nitrogens is 1. The van der Waals surface area contributed by atoms with E-state index in [1.807, 2.05) is 0 Å². The number of carbonyl (C=O) groups excluding carboxylic acids is 1. The third-order valence-electron chi connectivity index (χ3n) is 1.21. The van der Waals surface area contributed by atoms with Crippen LogP contribution in [0.25, 0.3) is 0 Å². The van der Waals surface area contributed by atoms with Gasteiger partial charge in [-0.25, -0.2) is 4.98 Å². The molecule has 0 aliphatic heterocycles. The molecule has 0 aliphatic carbocycles. The summed E-state index contributed by atoms with van der Waals surface area (Å²) in [5, 5.41) is 5.50. The van der Waals surface area contributed by atoms with Gasteiger partial charge in [-0.2, -0.15) is 0 Å². The van der Waals surface area contributed by atoms with Crippen LogP contribution in [-0.2, 0) is 9.63 Å². The van der Waals surface area contributed by atoms with Gasteiger partial charge in [0.15, 0.2) is 10.8 Å². The average Bonchev–Trinajstić information content (AvgIpc) is 2.60. The van der Waals surface area contributed by atoms with Crippen molar-refractivity contribution in [3.63, 3.8) is 0 Å². The van der Waals surface area contributed by atoms with E-state index in [2.05, 4.69) is 16.7 Å². The lowest BCUT2D eigenvalue weighted by Gasteiger charge is -1.93. The van der Waals surface area contributed by atoms with Crippen LogP contribution in [0.2, 0.25) is 0 Å². The van der Waals surface area contributed by atoms with Crippen LogP contribution < -0.4 is 5.73 Å². The number of rotatable bonds is 5. The lowest BCUT2D eigenvalue weighted by molar-refractivity contribution is 0.175. The number of oxime groups is 1. The van der Waals surface area contributed by atoms with Crippen LogP contribution in [0.1, 0.15) is 5.69 Å². The molecule has 1 radical (unpaired) electrons. The quantitative estimate of drug-likeness (QED) is 0.336. The number of anilines is 1. The van der Waals surface area contributed by atoms with Crippen molar-refractivity contribution in [1.29, 1.82) is 0 Å². The number of nitrogens with zero attached hydrogens (tertiary/aromatic N) is 2. The summed E-state index contributed by atoms with van der Waals surface area (Å²) in [4.78, 5) is 19.1. The molecule has 73 valence electrons. The van der Waals surface area contributed by atoms with Crippen molar-refractivity contribution >= 4 is 28.5 Å². The van der Waals surface area contributed by atoms with Gasteiger partial charge in [0.05, 0.1) is 0 Å². The van der Waals surface area contributed by atoms with E-state index in [0.717, 1.165) is 0 Å². The maximum absolute atomic E-state index is 10.5. The highest BCUT2D eigenvalue weighted by Crippen LogP contribution is 2.11. The topological polar surface area (TPSA) is 77.6 Å². The Kier molecular flexibility index (Phi) is 3.81. The molecule has 2 N–H and O–H groups in total. The van der Waals surface area contributed by atoms with E-state index in [4.69, 9.17) is 10.6 Å². The van der Waals surface area contributed by atoms with Crippen molar-refractivity contribution in [1.82, 2.24) is 4.98 Å². The van der Waals surface area contributed by atoms with Crippen LogP contribution >= 0.6 is 11.3 Å². The van der Waals surface area contributed by atoms with E-state index < -0.39 is 0 Å². The maximum Gasteiger partial charge on any atom is 0.259 e. The molecule has 0 atom stereocenters. The van der Waals surface area contributed by atoms with Gasteiger partial charge in [0.2, 0.25) is 0 Å². The zero-order valence-corrected chi connectivity index (χ0v) is 8.08. The van der Waals surface area contributed by atoms with Crippen LogP contribution in [0.4, 0.5) is 5.13 Å². The number of nitrogen functional groups attached to an aromatic ring is 1. The van der Waals surface area contributed by atoms with E-state index in [-0.39, 0.29) is 12.3 Å². The fourth-order valence-corrected chi connectivity index (χ4v) is 1.22. The van der Waals surface area contributed by atoms with Crippen molar-refractivity contribution < 1.29 is 9.63 Å². The molecule has 0 bridgehead atoms. The molecule has 0 aromatic carbocycles. The average molecular weight is 210 g/mol. The van der Waals surface area contributed by atoms with Gasteiger partial charge >= 0.3 is 0 Å². The molecule has 1 heterocycles. The van der Waals surface area contributed by atoms with Gasteiger partial charge in [0.25, 0.3) is 6.29 Å². The monoisotopic (exact) mass is 210 g/mol. The van der Waals surface area contributed by atoms with Crippen molar-refractivity contribution in [3.05, 3.63) is 23.7 Å². The van der Waals surface area contributed by atoms with Gasteiger partial charge in [-0.1, -0.05) is 17.8 Å². The molecule has 6 heteroatoms. The second-order valence-electron chi connectivity index (χ2n) is 2.20. The van der Waals surface area contributed by atoms with Crippen molar-refractivity contribution in [2.45, 2.75) is 0 Å². The Morgan fingerprint density at radius 2 is 2.71 bits per heavy atom. The van der Waals surface area contributed by atoms with Gasteiger partial charge in [-0.3, -0.25) is 4.79 Å². The lowest BCUT2D eigenvalue weighted by Crippen LogP contribution is -2.04. The minimum atomic E-state index is -0.000185. The Morgan fingerprint density at radius 3 is 3.21 bits per heavy atom. The first kappa shape index (κ1) is 10.4. The third kappa shape index (κ3) is 2.67. The summed E-state index contributed by atoms with van der Waals surface area (Å²) in [5.41, 5.74) is 5.76. The number of hydrogen-bond donors (Lipinski definition) is 1. The fourth-order valence-electron chi connectivity index (χ4n) is 0.669. The highest BCUT2D eigenvalue weighted by Gasteiger charge is 2.08. The summed E-state index contributed by atoms with van der Waals surface area (Å²) >= 11 is 1.22. The second kappa shape index (κ2) is 5.13. The van der Waals surface area contributed by atoms with E-state index in [1.165, 1.54) is 17.4 Å². The zero-order valence-electron chi connectivity index (χ0n) is 7.27. The first-order chi connectivity index (χ1) is 6.77. The smallest absolute Gasteiger partial charge is 0.259 e. The molecule has 0 fully saturated rings. The van der Waals surface area contributed by atoms with Crippen molar-refractivity contribution in [2.24, 2.45) is 5.16 Å². The molecule has 0 aliphatic rings. The molecule has 1 rings (SSSR count).